The smallest absolute Gasteiger partial charge is 0.241 e. The molecule has 0 radical (unpaired) electrons. The molecule has 0 amide bonds. The molecule has 21 heavy (non-hydrogen) atoms. The highest BCUT2D eigenvalue weighted by Crippen LogP contribution is 2.55. The van der Waals surface area contributed by atoms with Crippen molar-refractivity contribution >= 4 is 15.8 Å². The highest BCUT2D eigenvalue weighted by molar-refractivity contribution is 7.89. The number of pyridine rings is 1. The monoisotopic (exact) mass is 307 g/mol. The quantitative estimate of drug-likeness (QED) is 0.893. The minimum atomic E-state index is -3.52. The molecular formula is C15H21N3O2S. The molecule has 5 nitrogen and oxygen atoms in total. The second-order valence-corrected chi connectivity index (χ2v) is 8.90. The second-order valence-electron chi connectivity index (χ2n) is 7.22. The molecule has 4 fully saturated rings. The van der Waals surface area contributed by atoms with E-state index in [2.05, 4.69) is 9.71 Å². The summed E-state index contributed by atoms with van der Waals surface area (Å²) in [6.45, 7) is 0. The molecular weight excluding hydrogens is 286 g/mol. The Morgan fingerprint density at radius 3 is 2.24 bits per heavy atom. The maximum absolute atomic E-state index is 12.7. The first-order chi connectivity index (χ1) is 9.94. The fraction of sp³-hybridized carbons (Fsp3) is 0.667. The number of nitrogens with zero attached hydrogens (tertiary/aromatic N) is 1. The lowest BCUT2D eigenvalue weighted by Gasteiger charge is -2.56. The number of nitrogen functional groups attached to an aromatic ring is 1. The van der Waals surface area contributed by atoms with Crippen LogP contribution in [0.2, 0.25) is 0 Å². The van der Waals surface area contributed by atoms with Gasteiger partial charge in [-0.3, -0.25) is 0 Å². The number of nitrogens with two attached hydrogens (primary N) is 1. The van der Waals surface area contributed by atoms with Crippen LogP contribution < -0.4 is 10.5 Å². The van der Waals surface area contributed by atoms with Crippen molar-refractivity contribution in [1.29, 1.82) is 0 Å². The zero-order chi connectivity index (χ0) is 14.7. The summed E-state index contributed by atoms with van der Waals surface area (Å²) in [5.41, 5.74) is 5.40. The van der Waals surface area contributed by atoms with Crippen molar-refractivity contribution in [3.8, 4) is 0 Å². The van der Waals surface area contributed by atoms with E-state index in [9.17, 15) is 8.42 Å². The van der Waals surface area contributed by atoms with E-state index in [0.717, 1.165) is 19.3 Å². The van der Waals surface area contributed by atoms with Gasteiger partial charge in [-0.1, -0.05) is 0 Å². The molecule has 4 aliphatic rings. The first-order valence-electron chi connectivity index (χ1n) is 7.70. The molecule has 0 unspecified atom stereocenters. The minimum Gasteiger partial charge on any atom is -0.384 e. The summed E-state index contributed by atoms with van der Waals surface area (Å²) in [6.07, 6.45) is 8.33. The number of anilines is 1. The summed E-state index contributed by atoms with van der Waals surface area (Å²) < 4.78 is 28.4. The number of hydrogen-bond acceptors (Lipinski definition) is 4. The number of rotatable bonds is 3. The van der Waals surface area contributed by atoms with Crippen LogP contribution >= 0.6 is 0 Å². The Bertz CT molecular complexity index is 636. The van der Waals surface area contributed by atoms with Crippen LogP contribution in [0, 0.1) is 17.8 Å². The van der Waals surface area contributed by atoms with Crippen molar-refractivity contribution in [3.63, 3.8) is 0 Å². The number of hydrogen-bond donors (Lipinski definition) is 2. The zero-order valence-corrected chi connectivity index (χ0v) is 12.8. The molecule has 4 aliphatic carbocycles. The van der Waals surface area contributed by atoms with Gasteiger partial charge in [0.15, 0.2) is 0 Å². The van der Waals surface area contributed by atoms with Gasteiger partial charge in [-0.15, -0.1) is 0 Å². The van der Waals surface area contributed by atoms with Gasteiger partial charge in [0, 0.05) is 17.8 Å². The first-order valence-corrected chi connectivity index (χ1v) is 9.18. The maximum atomic E-state index is 12.7. The molecule has 114 valence electrons. The summed E-state index contributed by atoms with van der Waals surface area (Å²) in [5.74, 6) is 2.37. The molecule has 1 heterocycles. The number of nitrogens with one attached hydrogen (secondary N) is 1. The van der Waals surface area contributed by atoms with Crippen molar-refractivity contribution in [2.75, 3.05) is 5.73 Å². The molecule has 0 saturated heterocycles. The van der Waals surface area contributed by atoms with Crippen molar-refractivity contribution in [2.45, 2.75) is 49.0 Å². The Hall–Kier alpha value is -1.14. The first kappa shape index (κ1) is 13.5. The van der Waals surface area contributed by atoms with Gasteiger partial charge in [0.05, 0.1) is 4.90 Å². The third-order valence-corrected chi connectivity index (χ3v) is 7.03. The van der Waals surface area contributed by atoms with Crippen molar-refractivity contribution in [3.05, 3.63) is 18.3 Å². The van der Waals surface area contributed by atoms with Crippen molar-refractivity contribution in [2.24, 2.45) is 17.8 Å². The van der Waals surface area contributed by atoms with Crippen LogP contribution in [0.25, 0.3) is 0 Å². The van der Waals surface area contributed by atoms with Crippen molar-refractivity contribution < 1.29 is 8.42 Å². The summed E-state index contributed by atoms with van der Waals surface area (Å²) >= 11 is 0. The summed E-state index contributed by atoms with van der Waals surface area (Å²) in [7, 11) is -3.52. The topological polar surface area (TPSA) is 85.1 Å². The maximum Gasteiger partial charge on any atom is 0.241 e. The highest BCUT2D eigenvalue weighted by atomic mass is 32.2. The molecule has 0 atom stereocenters. The Morgan fingerprint density at radius 1 is 1.14 bits per heavy atom. The van der Waals surface area contributed by atoms with Crippen LogP contribution in [0.15, 0.2) is 23.2 Å². The zero-order valence-electron chi connectivity index (χ0n) is 12.0. The number of aromatic nitrogens is 1. The van der Waals surface area contributed by atoms with Crippen LogP contribution in [0.1, 0.15) is 38.5 Å². The highest BCUT2D eigenvalue weighted by Gasteiger charge is 2.52. The van der Waals surface area contributed by atoms with Gasteiger partial charge < -0.3 is 5.73 Å². The number of sulfonamides is 1. The van der Waals surface area contributed by atoms with Gasteiger partial charge in [0.1, 0.15) is 5.82 Å². The van der Waals surface area contributed by atoms with Crippen LogP contribution in [-0.4, -0.2) is 18.9 Å². The third kappa shape index (κ3) is 2.34. The molecule has 0 aliphatic heterocycles. The lowest BCUT2D eigenvalue weighted by molar-refractivity contribution is -0.00810. The molecule has 4 saturated carbocycles. The average Bonchev–Trinajstić information content (AvgIpc) is 2.35. The van der Waals surface area contributed by atoms with Crippen LogP contribution in [0.5, 0.6) is 0 Å². The molecule has 3 N–H and O–H groups in total. The lowest BCUT2D eigenvalue weighted by Crippen LogP contribution is -2.59. The summed E-state index contributed by atoms with van der Waals surface area (Å²) in [4.78, 5) is 4.09. The third-order valence-electron chi connectivity index (χ3n) is 5.45. The van der Waals surface area contributed by atoms with Crippen LogP contribution in [-0.2, 0) is 10.0 Å². The Morgan fingerprint density at radius 2 is 1.71 bits per heavy atom. The van der Waals surface area contributed by atoms with Gasteiger partial charge in [0.25, 0.3) is 0 Å². The lowest BCUT2D eigenvalue weighted by atomic mass is 9.53. The van der Waals surface area contributed by atoms with E-state index in [0.29, 0.717) is 17.8 Å². The predicted octanol–water partition coefficient (Wildman–Crippen LogP) is 1.91. The molecule has 5 rings (SSSR count). The Labute approximate surface area is 125 Å². The predicted molar refractivity (Wildman–Crippen MR) is 79.9 cm³/mol. The van der Waals surface area contributed by atoms with Crippen molar-refractivity contribution in [1.82, 2.24) is 9.71 Å². The fourth-order valence-electron chi connectivity index (χ4n) is 5.17. The Kier molecular flexibility index (Phi) is 2.85. The van der Waals surface area contributed by atoms with E-state index < -0.39 is 10.0 Å². The van der Waals surface area contributed by atoms with E-state index in [-0.39, 0.29) is 16.3 Å². The molecule has 6 heteroatoms. The average molecular weight is 307 g/mol. The molecule has 1 aromatic rings. The molecule has 4 bridgehead atoms. The van der Waals surface area contributed by atoms with Crippen LogP contribution in [0.4, 0.5) is 5.82 Å². The minimum absolute atomic E-state index is 0.217. The van der Waals surface area contributed by atoms with Gasteiger partial charge in [-0.2, -0.15) is 0 Å². The standard InChI is InChI=1S/C15H21N3O2S/c16-14-6-13(1-2-17-14)21(19,20)18-15-7-10-3-11(8-15)5-12(4-10)9-15/h1-2,6,10-12,18H,3-5,7-9H2,(H2,16,17). The largest absolute Gasteiger partial charge is 0.384 e. The van der Waals surface area contributed by atoms with E-state index in [4.69, 9.17) is 5.73 Å². The SMILES string of the molecule is Nc1cc(S(=O)(=O)NC23CC4CC(CC(C4)C2)C3)ccn1. The fourth-order valence-corrected chi connectivity index (χ4v) is 6.63. The van der Waals surface area contributed by atoms with Gasteiger partial charge in [0.2, 0.25) is 10.0 Å². The van der Waals surface area contributed by atoms with Gasteiger partial charge in [-0.05, 0) is 62.3 Å². The molecule has 0 aromatic carbocycles. The Balaban J connectivity index is 1.63. The normalized spacial score (nSPS) is 37.8. The second kappa shape index (κ2) is 4.43. The van der Waals surface area contributed by atoms with E-state index in [1.165, 1.54) is 37.6 Å². The van der Waals surface area contributed by atoms with Gasteiger partial charge in [-0.25, -0.2) is 18.1 Å². The molecule has 1 aromatic heterocycles. The summed E-state index contributed by atoms with van der Waals surface area (Å²) in [5, 5.41) is 0. The van der Waals surface area contributed by atoms with E-state index >= 15 is 0 Å². The van der Waals surface area contributed by atoms with Gasteiger partial charge >= 0.3 is 0 Å². The summed E-state index contributed by atoms with van der Waals surface area (Å²) in [6, 6.07) is 2.95. The van der Waals surface area contributed by atoms with E-state index in [1.54, 1.807) is 0 Å². The van der Waals surface area contributed by atoms with E-state index in [1.807, 2.05) is 0 Å². The van der Waals surface area contributed by atoms with Crippen LogP contribution in [0.3, 0.4) is 0 Å². The molecule has 0 spiro atoms.